The van der Waals surface area contributed by atoms with Crippen LogP contribution in [0.25, 0.3) is 22.4 Å². The average Bonchev–Trinajstić information content (AvgIpc) is 2.74. The van der Waals surface area contributed by atoms with Crippen molar-refractivity contribution >= 4 is 11.7 Å². The third kappa shape index (κ3) is 5.05. The molecule has 3 aromatic rings. The van der Waals surface area contributed by atoms with E-state index < -0.39 is 0 Å². The van der Waals surface area contributed by atoms with Crippen molar-refractivity contribution in [3.63, 3.8) is 0 Å². The Bertz CT molecular complexity index is 1010. The Hall–Kier alpha value is -3.52. The van der Waals surface area contributed by atoms with Crippen LogP contribution in [0.15, 0.2) is 48.9 Å². The van der Waals surface area contributed by atoms with E-state index in [1.54, 1.807) is 25.4 Å². The zero-order chi connectivity index (χ0) is 20.8. The van der Waals surface area contributed by atoms with E-state index in [1.165, 1.54) is 6.33 Å². The third-order valence-electron chi connectivity index (χ3n) is 4.35. The van der Waals surface area contributed by atoms with Crippen molar-refractivity contribution in [3.05, 3.63) is 54.5 Å². The Morgan fingerprint density at radius 3 is 2.72 bits per heavy atom. The molecule has 0 aliphatic rings. The van der Waals surface area contributed by atoms with Crippen LogP contribution >= 0.6 is 0 Å². The van der Waals surface area contributed by atoms with E-state index in [0.29, 0.717) is 35.1 Å². The van der Waals surface area contributed by atoms with E-state index in [9.17, 15) is 4.79 Å². The molecule has 0 fully saturated rings. The summed E-state index contributed by atoms with van der Waals surface area (Å²) in [6, 6.07) is 11.0. The van der Waals surface area contributed by atoms with Crippen molar-refractivity contribution in [2.75, 3.05) is 40.0 Å². The molecule has 0 spiro atoms. The number of methoxy groups -OCH3 is 1. The molecule has 8 heteroatoms. The number of rotatable bonds is 7. The zero-order valence-electron chi connectivity index (χ0n) is 16.7. The maximum Gasteiger partial charge on any atom is 0.251 e. The maximum atomic E-state index is 12.4. The van der Waals surface area contributed by atoms with Gasteiger partial charge in [0.1, 0.15) is 12.1 Å². The molecule has 0 saturated heterocycles. The van der Waals surface area contributed by atoms with Gasteiger partial charge in [0.25, 0.3) is 5.91 Å². The Morgan fingerprint density at radius 2 is 1.97 bits per heavy atom. The van der Waals surface area contributed by atoms with Crippen LogP contribution in [0.5, 0.6) is 5.88 Å². The van der Waals surface area contributed by atoms with E-state index in [0.717, 1.165) is 17.7 Å². The normalized spacial score (nSPS) is 10.8. The lowest BCUT2D eigenvalue weighted by Crippen LogP contribution is -2.31. The van der Waals surface area contributed by atoms with Crippen molar-refractivity contribution < 1.29 is 9.53 Å². The van der Waals surface area contributed by atoms with Gasteiger partial charge in [0, 0.05) is 42.0 Å². The summed E-state index contributed by atoms with van der Waals surface area (Å²) in [6.45, 7) is 1.36. The Balaban J connectivity index is 1.88. The topological polar surface area (TPSA) is 106 Å². The van der Waals surface area contributed by atoms with Crippen molar-refractivity contribution in [2.24, 2.45) is 0 Å². The van der Waals surface area contributed by atoms with E-state index in [-0.39, 0.29) is 5.91 Å². The largest absolute Gasteiger partial charge is 0.481 e. The fourth-order valence-electron chi connectivity index (χ4n) is 2.77. The van der Waals surface area contributed by atoms with Crippen molar-refractivity contribution in [3.8, 4) is 28.3 Å². The molecule has 8 nitrogen and oxygen atoms in total. The lowest BCUT2D eigenvalue weighted by Gasteiger charge is -2.11. The van der Waals surface area contributed by atoms with Crippen LogP contribution in [-0.4, -0.2) is 60.1 Å². The second-order valence-electron chi connectivity index (χ2n) is 6.74. The second-order valence-corrected chi connectivity index (χ2v) is 6.74. The molecule has 2 heterocycles. The number of amides is 1. The first-order valence-electron chi connectivity index (χ1n) is 9.13. The first-order chi connectivity index (χ1) is 14.0. The van der Waals surface area contributed by atoms with E-state index in [4.69, 9.17) is 10.5 Å². The molecular formula is C21H24N6O2. The number of likely N-dealkylation sites (N-methyl/N-ethyl adjacent to an activating group) is 1. The number of pyridine rings is 1. The van der Waals surface area contributed by atoms with Gasteiger partial charge in [-0.1, -0.05) is 12.1 Å². The predicted molar refractivity (Wildman–Crippen MR) is 113 cm³/mol. The molecule has 0 aliphatic carbocycles. The molecule has 0 aliphatic heterocycles. The van der Waals surface area contributed by atoms with Crippen LogP contribution in [0.3, 0.4) is 0 Å². The Kier molecular flexibility index (Phi) is 6.36. The number of benzene rings is 1. The maximum absolute atomic E-state index is 12.4. The summed E-state index contributed by atoms with van der Waals surface area (Å²) in [5.74, 6) is 0.682. The van der Waals surface area contributed by atoms with Gasteiger partial charge in [0.15, 0.2) is 0 Å². The van der Waals surface area contributed by atoms with Crippen LogP contribution in [0.2, 0.25) is 0 Å². The van der Waals surface area contributed by atoms with Gasteiger partial charge in [0.05, 0.1) is 12.8 Å². The zero-order valence-corrected chi connectivity index (χ0v) is 16.7. The molecule has 29 heavy (non-hydrogen) atoms. The van der Waals surface area contributed by atoms with E-state index >= 15 is 0 Å². The third-order valence-corrected chi connectivity index (χ3v) is 4.35. The van der Waals surface area contributed by atoms with Crippen molar-refractivity contribution in [2.45, 2.75) is 0 Å². The van der Waals surface area contributed by atoms with E-state index in [2.05, 4.69) is 20.3 Å². The van der Waals surface area contributed by atoms with Gasteiger partial charge in [-0.05, 0) is 37.9 Å². The summed E-state index contributed by atoms with van der Waals surface area (Å²) in [6.07, 6.45) is 3.10. The van der Waals surface area contributed by atoms with Crippen LogP contribution in [0.1, 0.15) is 10.4 Å². The second kappa shape index (κ2) is 9.11. The van der Waals surface area contributed by atoms with Gasteiger partial charge in [-0.25, -0.2) is 15.0 Å². The summed E-state index contributed by atoms with van der Waals surface area (Å²) in [4.78, 5) is 27.0. The average molecular weight is 392 g/mol. The molecule has 3 N–H and O–H groups in total. The minimum Gasteiger partial charge on any atom is -0.481 e. The van der Waals surface area contributed by atoms with Gasteiger partial charge in [-0.3, -0.25) is 4.79 Å². The number of nitrogens with one attached hydrogen (secondary N) is 1. The minimum absolute atomic E-state index is 0.113. The fraction of sp³-hybridized carbons (Fsp3) is 0.238. The highest BCUT2D eigenvalue weighted by atomic mass is 16.5. The highest BCUT2D eigenvalue weighted by Gasteiger charge is 2.12. The number of aromatic nitrogens is 3. The van der Waals surface area contributed by atoms with Gasteiger partial charge in [-0.15, -0.1) is 0 Å². The summed E-state index contributed by atoms with van der Waals surface area (Å²) >= 11 is 0. The van der Waals surface area contributed by atoms with Crippen LogP contribution in [0.4, 0.5) is 5.82 Å². The highest BCUT2D eigenvalue weighted by Crippen LogP contribution is 2.29. The van der Waals surface area contributed by atoms with Gasteiger partial charge in [-0.2, -0.15) is 0 Å². The number of nitrogens with zero attached hydrogens (tertiary/aromatic N) is 4. The number of carbonyl (C=O) groups excluding carboxylic acids is 1. The molecule has 150 valence electrons. The van der Waals surface area contributed by atoms with Gasteiger partial charge < -0.3 is 20.7 Å². The number of nitrogen functional groups attached to an aromatic ring is 1. The standard InChI is InChI=1S/C21H24N6O2/c1-27(2)8-7-23-21(28)15-6-4-5-14(9-15)16-10-17(20(22)24-12-16)18-11-19(29-3)26-13-25-18/h4-6,9-13H,7-8H2,1-3H3,(H2,22,24)(H,23,28). The number of ether oxygens (including phenoxy) is 1. The molecule has 0 atom stereocenters. The Labute approximate surface area is 169 Å². The molecule has 2 aromatic heterocycles. The van der Waals surface area contributed by atoms with Crippen LogP contribution in [-0.2, 0) is 0 Å². The first kappa shape index (κ1) is 20.2. The molecule has 0 saturated carbocycles. The van der Waals surface area contributed by atoms with Gasteiger partial charge >= 0.3 is 0 Å². The van der Waals surface area contributed by atoms with E-state index in [1.807, 2.05) is 43.3 Å². The summed E-state index contributed by atoms with van der Waals surface area (Å²) in [5.41, 5.74) is 9.63. The number of hydrogen-bond acceptors (Lipinski definition) is 7. The number of nitrogens with two attached hydrogens (primary N) is 1. The molecule has 0 unspecified atom stereocenters. The molecule has 0 radical (unpaired) electrons. The lowest BCUT2D eigenvalue weighted by molar-refractivity contribution is 0.0951. The number of anilines is 1. The summed E-state index contributed by atoms with van der Waals surface area (Å²) in [5, 5.41) is 2.92. The smallest absolute Gasteiger partial charge is 0.251 e. The molecule has 3 rings (SSSR count). The fourth-order valence-corrected chi connectivity index (χ4v) is 2.77. The molecule has 1 amide bonds. The predicted octanol–water partition coefficient (Wildman–Crippen LogP) is 2.09. The SMILES string of the molecule is COc1cc(-c2cc(-c3cccc(C(=O)NCCN(C)C)c3)cnc2N)ncn1. The quantitative estimate of drug-likeness (QED) is 0.634. The molecule has 1 aromatic carbocycles. The van der Waals surface area contributed by atoms with Crippen LogP contribution < -0.4 is 15.8 Å². The Morgan fingerprint density at radius 1 is 1.14 bits per heavy atom. The number of hydrogen-bond donors (Lipinski definition) is 2. The minimum atomic E-state index is -0.113. The first-order valence-corrected chi connectivity index (χ1v) is 9.13. The van der Waals surface area contributed by atoms with Crippen molar-refractivity contribution in [1.82, 2.24) is 25.2 Å². The summed E-state index contributed by atoms with van der Waals surface area (Å²) < 4.78 is 5.16. The van der Waals surface area contributed by atoms with Gasteiger partial charge in [0.2, 0.25) is 5.88 Å². The highest BCUT2D eigenvalue weighted by molar-refractivity contribution is 5.95. The number of carbonyl (C=O) groups is 1. The molecular weight excluding hydrogens is 368 g/mol. The monoisotopic (exact) mass is 392 g/mol. The molecule has 0 bridgehead atoms. The lowest BCUT2D eigenvalue weighted by atomic mass is 10.0. The van der Waals surface area contributed by atoms with Crippen LogP contribution in [0, 0.1) is 0 Å². The van der Waals surface area contributed by atoms with Crippen molar-refractivity contribution in [1.29, 1.82) is 0 Å². The summed E-state index contributed by atoms with van der Waals surface area (Å²) in [7, 11) is 5.47.